The third-order valence-electron chi connectivity index (χ3n) is 23.6. The second-order valence-corrected chi connectivity index (χ2v) is 35.2. The van der Waals surface area contributed by atoms with Gasteiger partial charge in [-0.25, -0.2) is 0 Å². The summed E-state index contributed by atoms with van der Waals surface area (Å²) in [5, 5.41) is 0. The van der Waals surface area contributed by atoms with E-state index in [2.05, 4.69) is 208 Å². The average molecular weight is 1160 g/mol. The molecule has 0 spiro atoms. The SMILES string of the molecule is CC(C)C1CCC1.CC(C)C1CCCC1.CC1C(C)(C)CCCC1(C)C.CC1CCC(C)(C)CC1.CC1CCCC(C)C1C.CC1CCCC[C@H]1C.CCC(CC)CC.CCCC(C)(C)C.CCCCC(C)C.C[C@@H]1CCCCC1(C)C. The molecule has 3 unspecified atom stereocenters. The molecule has 0 amide bonds. The van der Waals surface area contributed by atoms with Crippen LogP contribution in [-0.4, -0.2) is 0 Å². The Bertz CT molecular complexity index is 1310. The highest BCUT2D eigenvalue weighted by Gasteiger charge is 2.40. The summed E-state index contributed by atoms with van der Waals surface area (Å²) in [6, 6.07) is 0. The minimum absolute atomic E-state index is 0.550. The highest BCUT2D eigenvalue weighted by atomic mass is 14.5. The fourth-order valence-corrected chi connectivity index (χ4v) is 14.0. The molecule has 0 radical (unpaired) electrons. The van der Waals surface area contributed by atoms with Crippen LogP contribution in [0.5, 0.6) is 0 Å². The number of hydrogen-bond donors (Lipinski definition) is 0. The molecule has 0 heterocycles. The first kappa shape index (κ1) is 86.2. The van der Waals surface area contributed by atoms with Crippen molar-refractivity contribution >= 4 is 0 Å². The van der Waals surface area contributed by atoms with Crippen LogP contribution in [0.3, 0.4) is 0 Å². The first-order valence-electron chi connectivity index (χ1n) is 37.9. The second-order valence-electron chi connectivity index (χ2n) is 35.2. The van der Waals surface area contributed by atoms with Crippen LogP contribution in [0.25, 0.3) is 0 Å². The Hall–Kier alpha value is 0. The van der Waals surface area contributed by atoms with Crippen molar-refractivity contribution in [2.45, 2.75) is 420 Å². The van der Waals surface area contributed by atoms with Crippen molar-refractivity contribution in [1.29, 1.82) is 0 Å². The Morgan fingerprint density at radius 1 is 0.390 bits per heavy atom. The van der Waals surface area contributed by atoms with E-state index < -0.39 is 0 Å². The van der Waals surface area contributed by atoms with E-state index in [0.29, 0.717) is 27.1 Å². The van der Waals surface area contributed by atoms with Crippen molar-refractivity contribution in [3.8, 4) is 0 Å². The molecule has 0 bridgehead atoms. The fourth-order valence-electron chi connectivity index (χ4n) is 14.0. The maximum atomic E-state index is 2.42. The molecule has 0 N–H and O–H groups in total. The van der Waals surface area contributed by atoms with Crippen LogP contribution in [0.2, 0.25) is 0 Å². The summed E-state index contributed by atoms with van der Waals surface area (Å²) in [4.78, 5) is 0. The van der Waals surface area contributed by atoms with Crippen LogP contribution in [0.1, 0.15) is 420 Å². The first-order chi connectivity index (χ1) is 37.9. The van der Waals surface area contributed by atoms with Crippen molar-refractivity contribution in [2.24, 2.45) is 110 Å². The van der Waals surface area contributed by atoms with E-state index >= 15 is 0 Å². The predicted octanol–water partition coefficient (Wildman–Crippen LogP) is 30.0. The highest BCUT2D eigenvalue weighted by molar-refractivity contribution is 4.90. The van der Waals surface area contributed by atoms with Crippen LogP contribution in [-0.2, 0) is 0 Å². The lowest BCUT2D eigenvalue weighted by Gasteiger charge is -2.47. The Morgan fingerprint density at radius 2 is 0.756 bits per heavy atom. The van der Waals surface area contributed by atoms with Crippen molar-refractivity contribution in [2.75, 3.05) is 0 Å². The van der Waals surface area contributed by atoms with E-state index in [9.17, 15) is 0 Å². The van der Waals surface area contributed by atoms with Gasteiger partial charge < -0.3 is 0 Å². The van der Waals surface area contributed by atoms with Crippen molar-refractivity contribution in [3.63, 3.8) is 0 Å². The minimum atomic E-state index is 0.550. The lowest BCUT2D eigenvalue weighted by atomic mass is 9.58. The number of rotatable bonds is 9. The van der Waals surface area contributed by atoms with E-state index in [4.69, 9.17) is 0 Å². The molecule has 498 valence electrons. The predicted molar refractivity (Wildman–Crippen MR) is 384 cm³/mol. The Labute approximate surface area is 526 Å². The van der Waals surface area contributed by atoms with Crippen LogP contribution in [0.15, 0.2) is 0 Å². The van der Waals surface area contributed by atoms with Gasteiger partial charge in [0.25, 0.3) is 0 Å². The van der Waals surface area contributed by atoms with Crippen LogP contribution in [0.4, 0.5) is 0 Å². The molecular formula is C82H170. The van der Waals surface area contributed by atoms with Gasteiger partial charge in [-0.3, -0.25) is 0 Å². The van der Waals surface area contributed by atoms with E-state index in [-0.39, 0.29) is 0 Å². The standard InChI is InChI=1S/C11H22.3C9H18.2C8H16.C7H14.3C7H16/c1-9-10(2,3)7-6-8-11(9,4)5;1-8-4-6-9(2,3)7-5-8;1-8-6-4-5-7-9(8,2)3;1-7-5-4-6-8(2)9(7)3;1-7-5-3-4-6-8(7)2;1-7(2)8-5-3-4-6-8;1-6(2)7-4-3-5-7;1-5-6-7(2,3)4;1-4-5-6-7(2)3;1-4-7(5-2)6-3/h9H,6-8H2,1-5H3;2*8H,4-7H2,1-3H3;7-9H,4-6H2,1-3H3;2*7-8H,3-6H2,1-2H3;6-7H,3-5H2,1-2H3;5-6H2,1-4H3;2*7H,4-6H2,1-3H3/t;;8-;;7-,8?;;;;;/m..1.1...../s1. The van der Waals surface area contributed by atoms with E-state index in [1.54, 1.807) is 0 Å². The molecule has 7 saturated carbocycles. The zero-order valence-electron chi connectivity index (χ0n) is 63.9. The van der Waals surface area contributed by atoms with Gasteiger partial charge in [-0.05, 0) is 148 Å². The Balaban J connectivity index is -0.000000849. The van der Waals surface area contributed by atoms with Gasteiger partial charge in [0.2, 0.25) is 0 Å². The third kappa shape index (κ3) is 44.4. The van der Waals surface area contributed by atoms with Gasteiger partial charge in [-0.15, -0.1) is 0 Å². The van der Waals surface area contributed by atoms with Crippen LogP contribution < -0.4 is 0 Å². The fraction of sp³-hybridized carbons (Fsp3) is 1.00. The summed E-state index contributed by atoms with van der Waals surface area (Å²) in [6.45, 7) is 70.3. The molecule has 7 aliphatic carbocycles. The van der Waals surface area contributed by atoms with E-state index in [1.807, 2.05) is 0 Å². The van der Waals surface area contributed by atoms with Gasteiger partial charge in [0.1, 0.15) is 0 Å². The van der Waals surface area contributed by atoms with Crippen molar-refractivity contribution < 1.29 is 0 Å². The maximum absolute atomic E-state index is 2.42. The minimum Gasteiger partial charge on any atom is -0.0654 e. The monoisotopic (exact) mass is 1160 g/mol. The van der Waals surface area contributed by atoms with Gasteiger partial charge in [-0.2, -0.15) is 0 Å². The van der Waals surface area contributed by atoms with Crippen molar-refractivity contribution in [1.82, 2.24) is 0 Å². The zero-order chi connectivity index (χ0) is 63.9. The molecular weight excluding hydrogens is 985 g/mol. The van der Waals surface area contributed by atoms with Gasteiger partial charge in [0, 0.05) is 0 Å². The molecule has 7 aliphatic rings. The molecule has 0 aromatic rings. The molecule has 7 rings (SSSR count). The number of unbranched alkanes of at least 4 members (excludes halogenated alkanes) is 1. The quantitative estimate of drug-likeness (QED) is 0.216. The average Bonchev–Trinajstić information content (AvgIpc) is 3.92. The van der Waals surface area contributed by atoms with E-state index in [1.165, 1.54) is 212 Å². The van der Waals surface area contributed by atoms with Crippen molar-refractivity contribution in [3.05, 3.63) is 0 Å². The summed E-state index contributed by atoms with van der Waals surface area (Å²) in [7, 11) is 0. The molecule has 7 fully saturated rings. The molecule has 0 saturated heterocycles. The third-order valence-corrected chi connectivity index (χ3v) is 23.6. The molecule has 0 heteroatoms. The molecule has 5 atom stereocenters. The van der Waals surface area contributed by atoms with Crippen LogP contribution >= 0.6 is 0 Å². The summed E-state index contributed by atoms with van der Waals surface area (Å²) >= 11 is 0. The molecule has 0 aliphatic heterocycles. The zero-order valence-corrected chi connectivity index (χ0v) is 63.9. The normalized spacial score (nSPS) is 26.7. The molecule has 0 aromatic carbocycles. The lowest BCUT2D eigenvalue weighted by Crippen LogP contribution is -2.38. The number of hydrogen-bond acceptors (Lipinski definition) is 0. The molecule has 0 nitrogen and oxygen atoms in total. The Morgan fingerprint density at radius 3 is 0.963 bits per heavy atom. The molecule has 82 heavy (non-hydrogen) atoms. The summed E-state index contributed by atoms with van der Waals surface area (Å²) < 4.78 is 0. The Kier molecular flexibility index (Phi) is 49.4. The van der Waals surface area contributed by atoms with Crippen LogP contribution in [0, 0.1) is 110 Å². The summed E-state index contributed by atoms with van der Waals surface area (Å²) in [5.41, 5.74) is 2.99. The van der Waals surface area contributed by atoms with E-state index in [0.717, 1.165) is 82.9 Å². The highest BCUT2D eigenvalue weighted by Crippen LogP contribution is 2.50. The van der Waals surface area contributed by atoms with Gasteiger partial charge in [0.15, 0.2) is 0 Å². The molecule has 0 aromatic heterocycles. The van der Waals surface area contributed by atoms with Gasteiger partial charge in [-0.1, -0.05) is 381 Å². The topological polar surface area (TPSA) is 0 Å². The van der Waals surface area contributed by atoms with Gasteiger partial charge >= 0.3 is 0 Å². The maximum Gasteiger partial charge on any atom is -0.0323 e. The summed E-state index contributed by atoms with van der Waals surface area (Å²) in [5.74, 6) is 13.7. The smallest absolute Gasteiger partial charge is 0.0323 e. The first-order valence-corrected chi connectivity index (χ1v) is 37.9. The summed E-state index contributed by atoms with van der Waals surface area (Å²) in [6.07, 6.45) is 47.4. The van der Waals surface area contributed by atoms with Gasteiger partial charge in [0.05, 0.1) is 0 Å². The largest absolute Gasteiger partial charge is 0.0654 e. The second kappa shape index (κ2) is 47.0. The lowest BCUT2D eigenvalue weighted by molar-refractivity contribution is 0.0286.